The Morgan fingerprint density at radius 2 is 1.72 bits per heavy atom. The van der Waals surface area contributed by atoms with Crippen LogP contribution in [0.1, 0.15) is 28.3 Å². The predicted octanol–water partition coefficient (Wildman–Crippen LogP) is 4.36. The Balaban J connectivity index is 1.64. The second-order valence-corrected chi connectivity index (χ2v) is 8.59. The fraction of sp³-hybridized carbons (Fsp3) is 0.214. The standard InChI is InChI=1S/C28H25NO7/c1-16-4-10-21(34-3)20(12-16)26(30)24-25(18-6-8-19(33-2)9-7-18)29(28(32)27(24)31)14-17-5-11-22-23(13-17)36-15-35-22/h4-13,25,30H,14-15H2,1-3H3/b26-24+. The van der Waals surface area contributed by atoms with Crippen molar-refractivity contribution in [1.29, 1.82) is 0 Å². The minimum absolute atomic E-state index is 0.00481. The van der Waals surface area contributed by atoms with Gasteiger partial charge in [0.1, 0.15) is 17.3 Å². The van der Waals surface area contributed by atoms with E-state index in [1.165, 1.54) is 12.0 Å². The molecule has 1 unspecified atom stereocenters. The van der Waals surface area contributed by atoms with Gasteiger partial charge in [0, 0.05) is 6.54 Å². The van der Waals surface area contributed by atoms with Gasteiger partial charge in [-0.15, -0.1) is 0 Å². The molecule has 2 aliphatic heterocycles. The lowest BCUT2D eigenvalue weighted by Gasteiger charge is -2.26. The molecule has 1 saturated heterocycles. The van der Waals surface area contributed by atoms with Crippen LogP contribution in [0.15, 0.2) is 66.2 Å². The van der Waals surface area contributed by atoms with Crippen molar-refractivity contribution in [3.8, 4) is 23.0 Å². The number of aliphatic hydroxyl groups is 1. The minimum atomic E-state index is -0.827. The number of rotatable bonds is 6. The molecule has 1 fully saturated rings. The van der Waals surface area contributed by atoms with E-state index in [1.54, 1.807) is 55.6 Å². The van der Waals surface area contributed by atoms with Gasteiger partial charge in [-0.2, -0.15) is 0 Å². The molecule has 0 bridgehead atoms. The number of likely N-dealkylation sites (tertiary alicyclic amines) is 1. The third kappa shape index (κ3) is 4.00. The van der Waals surface area contributed by atoms with Gasteiger partial charge in [0.05, 0.1) is 31.4 Å². The Morgan fingerprint density at radius 3 is 2.44 bits per heavy atom. The molecule has 8 nitrogen and oxygen atoms in total. The number of carbonyl (C=O) groups is 2. The van der Waals surface area contributed by atoms with E-state index >= 15 is 0 Å². The first-order chi connectivity index (χ1) is 17.4. The number of aliphatic hydroxyl groups excluding tert-OH is 1. The number of nitrogens with zero attached hydrogens (tertiary/aromatic N) is 1. The zero-order valence-corrected chi connectivity index (χ0v) is 20.1. The quantitative estimate of drug-likeness (QED) is 0.314. The number of hydrogen-bond acceptors (Lipinski definition) is 7. The minimum Gasteiger partial charge on any atom is -0.507 e. The number of ether oxygens (including phenoxy) is 4. The average Bonchev–Trinajstić information content (AvgIpc) is 3.46. The number of hydrogen-bond donors (Lipinski definition) is 1. The van der Waals surface area contributed by atoms with E-state index in [9.17, 15) is 14.7 Å². The van der Waals surface area contributed by atoms with E-state index in [-0.39, 0.29) is 24.7 Å². The van der Waals surface area contributed by atoms with Gasteiger partial charge in [-0.05, 0) is 54.4 Å². The zero-order valence-electron chi connectivity index (χ0n) is 20.1. The van der Waals surface area contributed by atoms with Gasteiger partial charge in [-0.3, -0.25) is 9.59 Å². The van der Waals surface area contributed by atoms with Crippen LogP contribution in [0.5, 0.6) is 23.0 Å². The molecule has 1 amide bonds. The number of aryl methyl sites for hydroxylation is 1. The fourth-order valence-corrected chi connectivity index (χ4v) is 4.56. The molecule has 0 aliphatic carbocycles. The molecule has 1 atom stereocenters. The third-order valence-corrected chi connectivity index (χ3v) is 6.37. The second kappa shape index (κ2) is 9.30. The molecule has 0 saturated carbocycles. The first-order valence-corrected chi connectivity index (χ1v) is 11.4. The molecular formula is C28H25NO7. The van der Waals surface area contributed by atoms with Crippen molar-refractivity contribution in [2.24, 2.45) is 0 Å². The summed E-state index contributed by atoms with van der Waals surface area (Å²) in [5, 5.41) is 11.4. The second-order valence-electron chi connectivity index (χ2n) is 8.59. The lowest BCUT2D eigenvalue weighted by atomic mass is 9.94. The van der Waals surface area contributed by atoms with E-state index in [0.717, 1.165) is 11.1 Å². The molecule has 184 valence electrons. The highest BCUT2D eigenvalue weighted by Gasteiger charge is 2.46. The number of fused-ring (bicyclic) bond motifs is 1. The van der Waals surface area contributed by atoms with Gasteiger partial charge in [-0.25, -0.2) is 0 Å². The summed E-state index contributed by atoms with van der Waals surface area (Å²) < 4.78 is 21.6. The summed E-state index contributed by atoms with van der Waals surface area (Å²) in [4.78, 5) is 28.2. The lowest BCUT2D eigenvalue weighted by molar-refractivity contribution is -0.140. The van der Waals surface area contributed by atoms with Gasteiger partial charge in [0.25, 0.3) is 11.7 Å². The summed E-state index contributed by atoms with van der Waals surface area (Å²) in [7, 11) is 3.05. The molecule has 2 aliphatic rings. The van der Waals surface area contributed by atoms with E-state index in [2.05, 4.69) is 0 Å². The highest BCUT2D eigenvalue weighted by Crippen LogP contribution is 2.43. The van der Waals surface area contributed by atoms with Gasteiger partial charge in [-0.1, -0.05) is 29.8 Å². The smallest absolute Gasteiger partial charge is 0.295 e. The summed E-state index contributed by atoms with van der Waals surface area (Å²) in [6, 6.07) is 16.9. The summed E-state index contributed by atoms with van der Waals surface area (Å²) in [6.45, 7) is 2.13. The summed E-state index contributed by atoms with van der Waals surface area (Å²) in [5.41, 5.74) is 2.62. The van der Waals surface area contributed by atoms with Crippen LogP contribution >= 0.6 is 0 Å². The Morgan fingerprint density at radius 1 is 0.972 bits per heavy atom. The van der Waals surface area contributed by atoms with Crippen molar-refractivity contribution in [1.82, 2.24) is 4.90 Å². The monoisotopic (exact) mass is 487 g/mol. The van der Waals surface area contributed by atoms with Crippen molar-refractivity contribution in [2.45, 2.75) is 19.5 Å². The van der Waals surface area contributed by atoms with Crippen LogP contribution in [0, 0.1) is 6.92 Å². The molecule has 5 rings (SSSR count). The first kappa shape index (κ1) is 23.3. The van der Waals surface area contributed by atoms with Crippen LogP contribution in [0.2, 0.25) is 0 Å². The molecule has 0 spiro atoms. The van der Waals surface area contributed by atoms with Crippen LogP contribution in [-0.2, 0) is 16.1 Å². The number of amides is 1. The number of carbonyl (C=O) groups excluding carboxylic acids is 2. The van der Waals surface area contributed by atoms with Crippen molar-refractivity contribution in [2.75, 3.05) is 21.0 Å². The van der Waals surface area contributed by atoms with E-state index < -0.39 is 17.7 Å². The molecular weight excluding hydrogens is 462 g/mol. The number of Topliss-reactive ketones (excluding diaryl/α,β-unsaturated/α-hetero) is 1. The van der Waals surface area contributed by atoms with Crippen LogP contribution in [0.25, 0.3) is 5.76 Å². The molecule has 3 aromatic carbocycles. The normalized spacial score (nSPS) is 18.0. The van der Waals surface area contributed by atoms with Crippen molar-refractivity contribution < 1.29 is 33.6 Å². The highest BCUT2D eigenvalue weighted by molar-refractivity contribution is 6.46. The summed E-state index contributed by atoms with van der Waals surface area (Å²) >= 11 is 0. The SMILES string of the molecule is COc1ccc(C2/C(=C(\O)c3cc(C)ccc3OC)C(=O)C(=O)N2Cc2ccc3c(c2)OCO3)cc1. The maximum Gasteiger partial charge on any atom is 0.295 e. The van der Waals surface area contributed by atoms with Gasteiger partial charge in [0.2, 0.25) is 6.79 Å². The number of benzene rings is 3. The Kier molecular flexibility index (Phi) is 6.01. The predicted molar refractivity (Wildman–Crippen MR) is 131 cm³/mol. The average molecular weight is 488 g/mol. The fourth-order valence-electron chi connectivity index (χ4n) is 4.56. The van der Waals surface area contributed by atoms with Gasteiger partial charge >= 0.3 is 0 Å². The van der Waals surface area contributed by atoms with Gasteiger partial charge in [0.15, 0.2) is 11.5 Å². The van der Waals surface area contributed by atoms with Crippen molar-refractivity contribution in [3.63, 3.8) is 0 Å². The van der Waals surface area contributed by atoms with E-state index in [0.29, 0.717) is 34.1 Å². The molecule has 2 heterocycles. The van der Waals surface area contributed by atoms with Crippen LogP contribution in [-0.4, -0.2) is 42.7 Å². The molecule has 8 heteroatoms. The largest absolute Gasteiger partial charge is 0.507 e. The van der Waals surface area contributed by atoms with Crippen molar-refractivity contribution >= 4 is 17.4 Å². The molecule has 0 radical (unpaired) electrons. The summed E-state index contributed by atoms with van der Waals surface area (Å²) in [6.07, 6.45) is 0. The van der Waals surface area contributed by atoms with E-state index in [1.807, 2.05) is 19.1 Å². The van der Waals surface area contributed by atoms with Crippen molar-refractivity contribution in [3.05, 3.63) is 88.5 Å². The first-order valence-electron chi connectivity index (χ1n) is 11.4. The van der Waals surface area contributed by atoms with Crippen LogP contribution < -0.4 is 18.9 Å². The number of methoxy groups -OCH3 is 2. The maximum atomic E-state index is 13.4. The topological polar surface area (TPSA) is 94.5 Å². The number of ketones is 1. The molecule has 0 aromatic heterocycles. The Bertz CT molecular complexity index is 1380. The maximum absolute atomic E-state index is 13.4. The lowest BCUT2D eigenvalue weighted by Crippen LogP contribution is -2.29. The Labute approximate surface area is 208 Å². The van der Waals surface area contributed by atoms with Crippen LogP contribution in [0.3, 0.4) is 0 Å². The third-order valence-electron chi connectivity index (χ3n) is 6.37. The van der Waals surface area contributed by atoms with E-state index in [4.69, 9.17) is 18.9 Å². The molecule has 36 heavy (non-hydrogen) atoms. The molecule has 1 N–H and O–H groups in total. The molecule has 3 aromatic rings. The van der Waals surface area contributed by atoms with Gasteiger partial charge < -0.3 is 29.0 Å². The zero-order chi connectivity index (χ0) is 25.4. The Hall–Kier alpha value is -4.46. The summed E-state index contributed by atoms with van der Waals surface area (Å²) in [5.74, 6) is 0.469. The highest BCUT2D eigenvalue weighted by atomic mass is 16.7. The van der Waals surface area contributed by atoms with Crippen LogP contribution in [0.4, 0.5) is 0 Å².